The van der Waals surface area contributed by atoms with Crippen molar-refractivity contribution in [1.82, 2.24) is 19.8 Å². The number of amides is 1. The molecule has 2 saturated heterocycles. The molecule has 0 bridgehead atoms. The molecule has 7 nitrogen and oxygen atoms in total. The Morgan fingerprint density at radius 2 is 1.96 bits per heavy atom. The fourth-order valence-corrected chi connectivity index (χ4v) is 4.05. The van der Waals surface area contributed by atoms with Gasteiger partial charge in [0.25, 0.3) is 0 Å². The number of rotatable bonds is 3. The summed E-state index contributed by atoms with van der Waals surface area (Å²) >= 11 is 0. The van der Waals surface area contributed by atoms with E-state index < -0.39 is 0 Å². The zero-order valence-corrected chi connectivity index (χ0v) is 15.7. The molecule has 0 aromatic carbocycles. The highest BCUT2D eigenvalue weighted by atomic mass is 16.2. The smallest absolute Gasteiger partial charge is 0.229 e. The van der Waals surface area contributed by atoms with E-state index in [-0.39, 0.29) is 5.41 Å². The molecule has 3 heterocycles. The third-order valence-corrected chi connectivity index (χ3v) is 5.49. The van der Waals surface area contributed by atoms with E-state index in [0.29, 0.717) is 11.9 Å². The van der Waals surface area contributed by atoms with E-state index in [0.717, 1.165) is 70.2 Å². The minimum Gasteiger partial charge on any atom is -0.368 e. The number of anilines is 2. The fourth-order valence-electron chi connectivity index (χ4n) is 4.05. The quantitative estimate of drug-likeness (QED) is 0.884. The van der Waals surface area contributed by atoms with E-state index in [4.69, 9.17) is 5.73 Å². The zero-order valence-electron chi connectivity index (χ0n) is 15.7. The number of aromatic nitrogens is 2. The Hall–Kier alpha value is -1.89. The van der Waals surface area contributed by atoms with Gasteiger partial charge in [-0.1, -0.05) is 6.92 Å². The second kappa shape index (κ2) is 7.15. The molecule has 0 radical (unpaired) electrons. The van der Waals surface area contributed by atoms with Crippen LogP contribution in [0.1, 0.15) is 32.4 Å². The molecular weight excluding hydrogens is 316 g/mol. The summed E-state index contributed by atoms with van der Waals surface area (Å²) in [6.07, 6.45) is 2.10. The first-order valence-corrected chi connectivity index (χ1v) is 9.29. The van der Waals surface area contributed by atoms with E-state index in [1.807, 2.05) is 17.9 Å². The Balaban J connectivity index is 1.62. The highest BCUT2D eigenvalue weighted by molar-refractivity contribution is 5.83. The van der Waals surface area contributed by atoms with E-state index >= 15 is 0 Å². The van der Waals surface area contributed by atoms with Crippen molar-refractivity contribution in [2.75, 3.05) is 56.4 Å². The average Bonchev–Trinajstić information content (AvgIpc) is 2.60. The van der Waals surface area contributed by atoms with Crippen molar-refractivity contribution >= 4 is 17.7 Å². The second-order valence-electron chi connectivity index (χ2n) is 7.54. The molecule has 0 unspecified atom stereocenters. The molecule has 0 spiro atoms. The third-order valence-electron chi connectivity index (χ3n) is 5.49. The van der Waals surface area contributed by atoms with E-state index in [1.165, 1.54) is 0 Å². The lowest BCUT2D eigenvalue weighted by Crippen LogP contribution is -2.56. The van der Waals surface area contributed by atoms with Crippen LogP contribution >= 0.6 is 0 Å². The number of carbonyl (C=O) groups excluding carboxylic acids is 1. The lowest BCUT2D eigenvalue weighted by molar-refractivity contribution is -0.144. The van der Waals surface area contributed by atoms with Gasteiger partial charge in [-0.25, -0.2) is 4.98 Å². The van der Waals surface area contributed by atoms with Crippen molar-refractivity contribution in [3.63, 3.8) is 0 Å². The predicted molar refractivity (Wildman–Crippen MR) is 99.4 cm³/mol. The molecule has 2 fully saturated rings. The summed E-state index contributed by atoms with van der Waals surface area (Å²) in [6, 6.07) is 1.95. The SMILES string of the molecule is CCN1CCC[C@](C)(C(=O)N2CCN(c3cc(C)nc(N)n3)CC2)C1. The topological polar surface area (TPSA) is 78.6 Å². The van der Waals surface area contributed by atoms with Crippen molar-refractivity contribution in [3.8, 4) is 0 Å². The first-order chi connectivity index (χ1) is 11.9. The van der Waals surface area contributed by atoms with Gasteiger partial charge in [0.05, 0.1) is 5.41 Å². The molecule has 0 saturated carbocycles. The molecule has 3 rings (SSSR count). The zero-order chi connectivity index (χ0) is 18.0. The molecule has 138 valence electrons. The van der Waals surface area contributed by atoms with Crippen LogP contribution in [0.25, 0.3) is 0 Å². The first-order valence-electron chi connectivity index (χ1n) is 9.29. The summed E-state index contributed by atoms with van der Waals surface area (Å²) in [6.45, 7) is 12.3. The Bertz CT molecular complexity index is 608. The minimum absolute atomic E-state index is 0.244. The molecule has 1 atom stereocenters. The van der Waals surface area contributed by atoms with E-state index in [2.05, 4.69) is 33.6 Å². The number of nitrogen functional groups attached to an aromatic ring is 1. The van der Waals surface area contributed by atoms with Crippen LogP contribution < -0.4 is 10.6 Å². The summed E-state index contributed by atoms with van der Waals surface area (Å²) in [7, 11) is 0. The summed E-state index contributed by atoms with van der Waals surface area (Å²) in [5, 5.41) is 0. The highest BCUT2D eigenvalue weighted by Crippen LogP contribution is 2.32. The number of aryl methyl sites for hydroxylation is 1. The molecule has 2 aliphatic rings. The van der Waals surface area contributed by atoms with Gasteiger partial charge in [0.15, 0.2) is 0 Å². The number of piperidine rings is 1. The Kier molecular flexibility index (Phi) is 5.13. The van der Waals surface area contributed by atoms with Gasteiger partial charge in [-0.15, -0.1) is 0 Å². The maximum atomic E-state index is 13.1. The third kappa shape index (κ3) is 3.86. The van der Waals surface area contributed by atoms with Crippen LogP contribution in [0.2, 0.25) is 0 Å². The van der Waals surface area contributed by atoms with Crippen molar-refractivity contribution in [3.05, 3.63) is 11.8 Å². The summed E-state index contributed by atoms with van der Waals surface area (Å²) < 4.78 is 0. The van der Waals surface area contributed by atoms with Crippen LogP contribution in [-0.2, 0) is 4.79 Å². The maximum absolute atomic E-state index is 13.1. The molecule has 1 aromatic rings. The second-order valence-corrected chi connectivity index (χ2v) is 7.54. The van der Waals surface area contributed by atoms with Gasteiger partial charge in [-0.05, 0) is 39.8 Å². The Labute approximate surface area is 150 Å². The predicted octanol–water partition coefficient (Wildman–Crippen LogP) is 1.14. The van der Waals surface area contributed by atoms with Crippen LogP contribution in [0.4, 0.5) is 11.8 Å². The van der Waals surface area contributed by atoms with Crippen LogP contribution in [0, 0.1) is 12.3 Å². The molecule has 7 heteroatoms. The van der Waals surface area contributed by atoms with Crippen LogP contribution in [-0.4, -0.2) is 71.5 Å². The van der Waals surface area contributed by atoms with Gasteiger partial charge in [0.2, 0.25) is 11.9 Å². The maximum Gasteiger partial charge on any atom is 0.229 e. The van der Waals surface area contributed by atoms with Crippen molar-refractivity contribution in [2.24, 2.45) is 5.41 Å². The van der Waals surface area contributed by atoms with E-state index in [9.17, 15) is 4.79 Å². The molecule has 1 amide bonds. The van der Waals surface area contributed by atoms with Crippen molar-refractivity contribution in [1.29, 1.82) is 0 Å². The summed E-state index contributed by atoms with van der Waals surface area (Å²) in [5.41, 5.74) is 6.39. The standard InChI is InChI=1S/C18H30N6O/c1-4-22-7-5-6-18(3,13-22)16(25)24-10-8-23(9-11-24)15-12-14(2)20-17(19)21-15/h12H,4-11,13H2,1-3H3,(H2,19,20,21)/t18-/m0/s1. The Morgan fingerprint density at radius 3 is 2.60 bits per heavy atom. The van der Waals surface area contributed by atoms with Crippen LogP contribution in [0.5, 0.6) is 0 Å². The molecule has 2 N–H and O–H groups in total. The van der Waals surface area contributed by atoms with Gasteiger partial charge in [-0.3, -0.25) is 4.79 Å². The number of hydrogen-bond acceptors (Lipinski definition) is 6. The van der Waals surface area contributed by atoms with Gasteiger partial charge in [0, 0.05) is 44.5 Å². The molecular formula is C18H30N6O. The number of likely N-dealkylation sites (tertiary alicyclic amines) is 1. The molecule has 25 heavy (non-hydrogen) atoms. The average molecular weight is 346 g/mol. The summed E-state index contributed by atoms with van der Waals surface area (Å²) in [5.74, 6) is 1.48. The number of piperazine rings is 1. The van der Waals surface area contributed by atoms with Crippen LogP contribution in [0.3, 0.4) is 0 Å². The van der Waals surface area contributed by atoms with Crippen molar-refractivity contribution in [2.45, 2.75) is 33.6 Å². The lowest BCUT2D eigenvalue weighted by atomic mass is 9.80. The monoisotopic (exact) mass is 346 g/mol. The largest absolute Gasteiger partial charge is 0.368 e. The van der Waals surface area contributed by atoms with Gasteiger partial charge < -0.3 is 20.4 Å². The lowest BCUT2D eigenvalue weighted by Gasteiger charge is -2.44. The summed E-state index contributed by atoms with van der Waals surface area (Å²) in [4.78, 5) is 28.2. The molecule has 1 aromatic heterocycles. The van der Waals surface area contributed by atoms with Crippen LogP contribution in [0.15, 0.2) is 6.07 Å². The highest BCUT2D eigenvalue weighted by Gasteiger charge is 2.40. The number of nitrogens with two attached hydrogens (primary N) is 1. The number of carbonyl (C=O) groups is 1. The molecule has 2 aliphatic heterocycles. The number of nitrogens with zero attached hydrogens (tertiary/aromatic N) is 5. The number of hydrogen-bond donors (Lipinski definition) is 1. The Morgan fingerprint density at radius 1 is 1.24 bits per heavy atom. The fraction of sp³-hybridized carbons (Fsp3) is 0.722. The van der Waals surface area contributed by atoms with E-state index in [1.54, 1.807) is 0 Å². The van der Waals surface area contributed by atoms with Gasteiger partial charge in [-0.2, -0.15) is 4.98 Å². The van der Waals surface area contributed by atoms with Gasteiger partial charge in [0.1, 0.15) is 5.82 Å². The first kappa shape index (κ1) is 17.9. The van der Waals surface area contributed by atoms with Crippen molar-refractivity contribution < 1.29 is 4.79 Å². The minimum atomic E-state index is -0.244. The normalized spacial score (nSPS) is 25.2. The van der Waals surface area contributed by atoms with Gasteiger partial charge >= 0.3 is 0 Å². The molecule has 0 aliphatic carbocycles.